The molecule has 0 unspecified atom stereocenters. The largest absolute Gasteiger partial charge is 0.497 e. The van der Waals surface area contributed by atoms with Crippen LogP contribution in [0.25, 0.3) is 11.0 Å². The Bertz CT molecular complexity index is 850. The van der Waals surface area contributed by atoms with E-state index >= 15 is 0 Å². The molecule has 144 valence electrons. The number of aryl methyl sites for hydroxylation is 1. The zero-order valence-electron chi connectivity index (χ0n) is 16.3. The van der Waals surface area contributed by atoms with Gasteiger partial charge in [-0.1, -0.05) is 0 Å². The number of nitrogens with one attached hydrogen (secondary N) is 1. The van der Waals surface area contributed by atoms with Gasteiger partial charge in [0.25, 0.3) is 0 Å². The van der Waals surface area contributed by atoms with Crippen LogP contribution in [0, 0.1) is 23.2 Å². The first-order valence-corrected chi connectivity index (χ1v) is 10.3. The number of carbonyl (C=O) groups excluding carboxylic acids is 1. The van der Waals surface area contributed by atoms with Crippen molar-refractivity contribution in [1.82, 2.24) is 14.9 Å². The van der Waals surface area contributed by atoms with E-state index in [2.05, 4.69) is 9.88 Å². The molecule has 1 N–H and O–H groups in total. The summed E-state index contributed by atoms with van der Waals surface area (Å²) in [6, 6.07) is 5.97. The molecule has 4 fully saturated rings. The Balaban J connectivity index is 1.25. The summed E-state index contributed by atoms with van der Waals surface area (Å²) < 4.78 is 7.41. The maximum absolute atomic E-state index is 13.1. The van der Waals surface area contributed by atoms with Gasteiger partial charge in [0, 0.05) is 31.5 Å². The van der Waals surface area contributed by atoms with Crippen LogP contribution in [-0.4, -0.2) is 29.1 Å². The number of aromatic nitrogens is 2. The van der Waals surface area contributed by atoms with Gasteiger partial charge in [0.05, 0.1) is 18.1 Å². The highest BCUT2D eigenvalue weighted by atomic mass is 16.5. The number of hydrogen-bond donors (Lipinski definition) is 1. The monoisotopic (exact) mass is 367 g/mol. The molecular weight excluding hydrogens is 338 g/mol. The molecule has 0 saturated heterocycles. The van der Waals surface area contributed by atoms with Gasteiger partial charge in [0.15, 0.2) is 0 Å². The number of fused-ring (bicyclic) bond motifs is 1. The minimum absolute atomic E-state index is 0.0610. The van der Waals surface area contributed by atoms with E-state index in [-0.39, 0.29) is 5.41 Å². The number of rotatable bonds is 5. The van der Waals surface area contributed by atoms with Crippen LogP contribution in [0.15, 0.2) is 18.2 Å². The van der Waals surface area contributed by atoms with E-state index in [0.29, 0.717) is 12.5 Å². The highest BCUT2D eigenvalue weighted by Crippen LogP contribution is 2.60. The zero-order valence-corrected chi connectivity index (χ0v) is 16.3. The van der Waals surface area contributed by atoms with Crippen molar-refractivity contribution in [3.05, 3.63) is 24.0 Å². The van der Waals surface area contributed by atoms with Gasteiger partial charge in [-0.15, -0.1) is 0 Å². The van der Waals surface area contributed by atoms with E-state index < -0.39 is 0 Å². The average molecular weight is 367 g/mol. The minimum atomic E-state index is -0.0610. The van der Waals surface area contributed by atoms with Gasteiger partial charge in [-0.25, -0.2) is 4.98 Å². The van der Waals surface area contributed by atoms with Gasteiger partial charge >= 0.3 is 0 Å². The zero-order chi connectivity index (χ0) is 18.6. The first kappa shape index (κ1) is 17.1. The van der Waals surface area contributed by atoms with Gasteiger partial charge in [-0.05, 0) is 68.4 Å². The molecule has 5 nitrogen and oxygen atoms in total. The topological polar surface area (TPSA) is 56.1 Å². The fourth-order valence-corrected chi connectivity index (χ4v) is 6.44. The maximum Gasteiger partial charge on any atom is 0.226 e. The van der Waals surface area contributed by atoms with Crippen LogP contribution in [0.2, 0.25) is 0 Å². The summed E-state index contributed by atoms with van der Waals surface area (Å²) in [5.74, 6) is 4.54. The van der Waals surface area contributed by atoms with E-state index in [1.165, 1.54) is 19.3 Å². The Morgan fingerprint density at radius 1 is 1.22 bits per heavy atom. The molecule has 1 aromatic heterocycles. The van der Waals surface area contributed by atoms with Crippen LogP contribution in [-0.2, 0) is 18.3 Å². The molecule has 1 heterocycles. The summed E-state index contributed by atoms with van der Waals surface area (Å²) in [5.41, 5.74) is 1.98. The summed E-state index contributed by atoms with van der Waals surface area (Å²) in [6.45, 7) is 0.662. The number of hydrogen-bond acceptors (Lipinski definition) is 3. The third kappa shape index (κ3) is 2.82. The molecule has 5 heteroatoms. The second-order valence-electron chi connectivity index (χ2n) is 9.15. The molecule has 0 aliphatic heterocycles. The smallest absolute Gasteiger partial charge is 0.226 e. The Hall–Kier alpha value is -2.04. The van der Waals surface area contributed by atoms with Gasteiger partial charge < -0.3 is 14.6 Å². The summed E-state index contributed by atoms with van der Waals surface area (Å²) >= 11 is 0. The van der Waals surface area contributed by atoms with E-state index in [9.17, 15) is 4.79 Å². The Morgan fingerprint density at radius 2 is 1.89 bits per heavy atom. The second-order valence-corrected chi connectivity index (χ2v) is 9.15. The molecule has 1 aromatic carbocycles. The van der Waals surface area contributed by atoms with Crippen LogP contribution in [0.5, 0.6) is 5.75 Å². The maximum atomic E-state index is 13.1. The van der Waals surface area contributed by atoms with Gasteiger partial charge in [0.2, 0.25) is 5.91 Å². The number of carbonyl (C=O) groups is 1. The highest BCUT2D eigenvalue weighted by molar-refractivity contribution is 5.83. The van der Waals surface area contributed by atoms with E-state index in [4.69, 9.17) is 9.72 Å². The Kier molecular flexibility index (Phi) is 3.95. The van der Waals surface area contributed by atoms with Crippen molar-refractivity contribution in [2.75, 3.05) is 13.7 Å². The van der Waals surface area contributed by atoms with Crippen molar-refractivity contribution in [3.63, 3.8) is 0 Å². The van der Waals surface area contributed by atoms with Crippen molar-refractivity contribution in [1.29, 1.82) is 0 Å². The summed E-state index contributed by atoms with van der Waals surface area (Å²) in [6.07, 6.45) is 8.23. The molecule has 0 atom stereocenters. The quantitative estimate of drug-likeness (QED) is 0.880. The number of imidazole rings is 1. The SMILES string of the molecule is COc1ccc2c(c1)nc(CCNC(=O)C13CC4CC(CC(C4)C1)C3)n2C. The number of benzene rings is 1. The number of nitrogens with zero attached hydrogens (tertiary/aromatic N) is 2. The lowest BCUT2D eigenvalue weighted by molar-refractivity contribution is -0.146. The minimum Gasteiger partial charge on any atom is -0.497 e. The third-order valence-electron chi connectivity index (χ3n) is 7.33. The lowest BCUT2D eigenvalue weighted by Gasteiger charge is -2.55. The molecule has 1 amide bonds. The molecule has 6 rings (SSSR count). The Labute approximate surface area is 160 Å². The molecule has 4 aliphatic carbocycles. The lowest BCUT2D eigenvalue weighted by atomic mass is 9.49. The predicted octanol–water partition coefficient (Wildman–Crippen LogP) is 3.46. The second kappa shape index (κ2) is 6.25. The van der Waals surface area contributed by atoms with Crippen LogP contribution in [0.3, 0.4) is 0 Å². The van der Waals surface area contributed by atoms with E-state index in [0.717, 1.165) is 66.0 Å². The van der Waals surface area contributed by atoms with Gasteiger partial charge in [-0.3, -0.25) is 4.79 Å². The third-order valence-corrected chi connectivity index (χ3v) is 7.33. The summed E-state index contributed by atoms with van der Waals surface area (Å²) in [7, 11) is 3.71. The van der Waals surface area contributed by atoms with Crippen LogP contribution < -0.4 is 10.1 Å². The first-order valence-electron chi connectivity index (χ1n) is 10.3. The van der Waals surface area contributed by atoms with Crippen molar-refractivity contribution in [2.24, 2.45) is 30.2 Å². The first-order chi connectivity index (χ1) is 13.1. The Morgan fingerprint density at radius 3 is 2.52 bits per heavy atom. The summed E-state index contributed by atoms with van der Waals surface area (Å²) in [5, 5.41) is 3.27. The number of methoxy groups -OCH3 is 1. The fraction of sp³-hybridized carbons (Fsp3) is 0.636. The van der Waals surface area contributed by atoms with Crippen LogP contribution in [0.4, 0.5) is 0 Å². The molecule has 4 bridgehead atoms. The van der Waals surface area contributed by atoms with E-state index in [1.807, 2.05) is 25.2 Å². The molecule has 2 aromatic rings. The van der Waals surface area contributed by atoms with Crippen molar-refractivity contribution >= 4 is 16.9 Å². The summed E-state index contributed by atoms with van der Waals surface area (Å²) in [4.78, 5) is 17.8. The fourth-order valence-electron chi connectivity index (χ4n) is 6.44. The van der Waals surface area contributed by atoms with E-state index in [1.54, 1.807) is 7.11 Å². The van der Waals surface area contributed by atoms with Crippen molar-refractivity contribution < 1.29 is 9.53 Å². The standard InChI is InChI=1S/C22H29N3O2/c1-25-19-4-3-17(27-2)10-18(19)24-20(25)5-6-23-21(26)22-11-14-7-15(12-22)9-16(8-14)13-22/h3-4,10,14-16H,5-9,11-13H2,1-2H3,(H,23,26). The number of ether oxygens (including phenoxy) is 1. The van der Waals surface area contributed by atoms with Crippen LogP contribution >= 0.6 is 0 Å². The average Bonchev–Trinajstić information content (AvgIpc) is 2.95. The molecule has 0 radical (unpaired) electrons. The van der Waals surface area contributed by atoms with Crippen molar-refractivity contribution in [3.8, 4) is 5.75 Å². The van der Waals surface area contributed by atoms with Crippen LogP contribution in [0.1, 0.15) is 44.3 Å². The normalized spacial score (nSPS) is 31.4. The van der Waals surface area contributed by atoms with Crippen molar-refractivity contribution in [2.45, 2.75) is 44.9 Å². The number of amides is 1. The van der Waals surface area contributed by atoms with Gasteiger partial charge in [-0.2, -0.15) is 0 Å². The molecule has 4 aliphatic rings. The predicted molar refractivity (Wildman–Crippen MR) is 105 cm³/mol. The highest BCUT2D eigenvalue weighted by Gasteiger charge is 2.54. The van der Waals surface area contributed by atoms with Gasteiger partial charge in [0.1, 0.15) is 11.6 Å². The lowest BCUT2D eigenvalue weighted by Crippen LogP contribution is -2.53. The molecule has 27 heavy (non-hydrogen) atoms. The molecular formula is C22H29N3O2. The molecule has 4 saturated carbocycles. The molecule has 0 spiro atoms.